The largest absolute Gasteiger partial charge is 0.381 e. The number of aromatic nitrogens is 1. The Hall–Kier alpha value is -1.99. The Labute approximate surface area is 176 Å². The number of aryl methyl sites for hydroxylation is 1. The molecule has 2 aromatic rings. The van der Waals surface area contributed by atoms with E-state index in [1.54, 1.807) is 11.3 Å². The molecule has 0 bridgehead atoms. The number of guanidine groups is 1. The third-order valence-electron chi connectivity index (χ3n) is 5.37. The lowest BCUT2D eigenvalue weighted by Gasteiger charge is -2.36. The fourth-order valence-electron chi connectivity index (χ4n) is 3.59. The van der Waals surface area contributed by atoms with Crippen molar-refractivity contribution in [3.05, 3.63) is 51.7 Å². The van der Waals surface area contributed by atoms with Gasteiger partial charge in [0.1, 0.15) is 5.82 Å². The number of hydrogen-bond donors (Lipinski definition) is 2. The van der Waals surface area contributed by atoms with Crippen molar-refractivity contribution in [2.45, 2.75) is 44.9 Å². The molecule has 0 aliphatic carbocycles. The van der Waals surface area contributed by atoms with E-state index in [1.165, 1.54) is 17.0 Å². The zero-order valence-corrected chi connectivity index (χ0v) is 18.2. The molecule has 0 spiro atoms. The van der Waals surface area contributed by atoms with Gasteiger partial charge in [0.25, 0.3) is 0 Å². The van der Waals surface area contributed by atoms with E-state index in [0.717, 1.165) is 55.3 Å². The molecule has 0 amide bonds. The van der Waals surface area contributed by atoms with Crippen LogP contribution in [-0.2, 0) is 23.0 Å². The maximum Gasteiger partial charge on any atom is 0.191 e. The molecule has 0 unspecified atom stereocenters. The second-order valence-corrected chi connectivity index (χ2v) is 8.55. The minimum absolute atomic E-state index is 0.111. The van der Waals surface area contributed by atoms with Crippen LogP contribution in [0.1, 0.15) is 42.1 Å². The zero-order chi connectivity index (χ0) is 20.5. The SMILES string of the molecule is CCNC(=NCC1(c2ccc(F)cc2)CCOCC1)NCCc1ncc(CC)s1. The molecule has 158 valence electrons. The van der Waals surface area contributed by atoms with Gasteiger partial charge in [-0.2, -0.15) is 0 Å². The van der Waals surface area contributed by atoms with Crippen molar-refractivity contribution in [2.75, 3.05) is 32.8 Å². The molecule has 29 heavy (non-hydrogen) atoms. The van der Waals surface area contributed by atoms with E-state index in [-0.39, 0.29) is 11.2 Å². The van der Waals surface area contributed by atoms with Gasteiger partial charge in [0.05, 0.1) is 11.6 Å². The zero-order valence-electron chi connectivity index (χ0n) is 17.3. The van der Waals surface area contributed by atoms with Crippen molar-refractivity contribution in [1.29, 1.82) is 0 Å². The number of benzene rings is 1. The molecular weight excluding hydrogens is 387 g/mol. The molecule has 7 heteroatoms. The van der Waals surface area contributed by atoms with Gasteiger partial charge in [-0.1, -0.05) is 19.1 Å². The van der Waals surface area contributed by atoms with Crippen molar-refractivity contribution in [3.63, 3.8) is 0 Å². The molecule has 1 aliphatic heterocycles. The minimum atomic E-state index is -0.206. The summed E-state index contributed by atoms with van der Waals surface area (Å²) in [6.07, 6.45) is 5.66. The summed E-state index contributed by atoms with van der Waals surface area (Å²) >= 11 is 1.78. The quantitative estimate of drug-likeness (QED) is 0.507. The van der Waals surface area contributed by atoms with Crippen LogP contribution in [0.2, 0.25) is 0 Å². The minimum Gasteiger partial charge on any atom is -0.381 e. The predicted molar refractivity (Wildman–Crippen MR) is 117 cm³/mol. The van der Waals surface area contributed by atoms with E-state index in [0.29, 0.717) is 19.8 Å². The van der Waals surface area contributed by atoms with Crippen LogP contribution in [0.3, 0.4) is 0 Å². The third-order valence-corrected chi connectivity index (χ3v) is 6.57. The Bertz CT molecular complexity index is 784. The number of nitrogens with one attached hydrogen (secondary N) is 2. The average molecular weight is 419 g/mol. The molecule has 2 N–H and O–H groups in total. The van der Waals surface area contributed by atoms with Gasteiger partial charge in [-0.3, -0.25) is 4.99 Å². The van der Waals surface area contributed by atoms with E-state index >= 15 is 0 Å². The van der Waals surface area contributed by atoms with Crippen LogP contribution in [0.15, 0.2) is 35.5 Å². The molecule has 0 atom stereocenters. The van der Waals surface area contributed by atoms with Crippen LogP contribution in [0.4, 0.5) is 4.39 Å². The summed E-state index contributed by atoms with van der Waals surface area (Å²) < 4.78 is 19.0. The van der Waals surface area contributed by atoms with Gasteiger partial charge < -0.3 is 15.4 Å². The molecule has 3 rings (SSSR count). The molecule has 1 aromatic heterocycles. The van der Waals surface area contributed by atoms with Gasteiger partial charge >= 0.3 is 0 Å². The van der Waals surface area contributed by atoms with Gasteiger partial charge in [0.15, 0.2) is 5.96 Å². The predicted octanol–water partition coefficient (Wildman–Crippen LogP) is 3.69. The maximum atomic E-state index is 13.4. The maximum absolute atomic E-state index is 13.4. The van der Waals surface area contributed by atoms with Crippen LogP contribution in [-0.4, -0.2) is 43.8 Å². The van der Waals surface area contributed by atoms with Gasteiger partial charge in [-0.15, -0.1) is 11.3 Å². The van der Waals surface area contributed by atoms with Gasteiger partial charge in [0, 0.05) is 49.2 Å². The first-order valence-electron chi connectivity index (χ1n) is 10.4. The van der Waals surface area contributed by atoms with Crippen LogP contribution >= 0.6 is 11.3 Å². The first kappa shape index (κ1) is 21.7. The highest BCUT2D eigenvalue weighted by Crippen LogP contribution is 2.35. The Morgan fingerprint density at radius 2 is 1.97 bits per heavy atom. The van der Waals surface area contributed by atoms with Gasteiger partial charge in [-0.25, -0.2) is 9.37 Å². The Morgan fingerprint density at radius 1 is 1.21 bits per heavy atom. The second kappa shape index (κ2) is 10.7. The summed E-state index contributed by atoms with van der Waals surface area (Å²) in [5.41, 5.74) is 1.02. The molecule has 1 aliphatic rings. The van der Waals surface area contributed by atoms with Gasteiger partial charge in [0.2, 0.25) is 0 Å². The normalized spacial score (nSPS) is 16.6. The standard InChI is InChI=1S/C22H31FN4OS/c1-3-19-15-26-20(29-19)9-12-25-21(24-4-2)27-16-22(10-13-28-14-11-22)17-5-7-18(23)8-6-17/h5-8,15H,3-4,9-14,16H2,1-2H3,(H2,24,25,27). The Balaban J connectivity index is 1.66. The van der Waals surface area contributed by atoms with Crippen molar-refractivity contribution >= 4 is 17.3 Å². The van der Waals surface area contributed by atoms with Crippen LogP contribution in [0.25, 0.3) is 0 Å². The lowest BCUT2D eigenvalue weighted by atomic mass is 9.74. The third kappa shape index (κ3) is 6.00. The lowest BCUT2D eigenvalue weighted by molar-refractivity contribution is 0.0531. The molecular formula is C22H31FN4OS. The topological polar surface area (TPSA) is 58.5 Å². The summed E-state index contributed by atoms with van der Waals surface area (Å²) in [5.74, 6) is 0.607. The number of rotatable bonds is 8. The number of ether oxygens (including phenoxy) is 1. The monoisotopic (exact) mass is 418 g/mol. The highest BCUT2D eigenvalue weighted by Gasteiger charge is 2.34. The number of thiazole rings is 1. The summed E-state index contributed by atoms with van der Waals surface area (Å²) in [6, 6.07) is 6.87. The lowest BCUT2D eigenvalue weighted by Crippen LogP contribution is -2.41. The molecule has 5 nitrogen and oxygen atoms in total. The molecule has 0 saturated carbocycles. The van der Waals surface area contributed by atoms with Crippen molar-refractivity contribution in [3.8, 4) is 0 Å². The van der Waals surface area contributed by atoms with E-state index < -0.39 is 0 Å². The van der Waals surface area contributed by atoms with Crippen molar-refractivity contribution in [1.82, 2.24) is 15.6 Å². The van der Waals surface area contributed by atoms with E-state index in [4.69, 9.17) is 9.73 Å². The summed E-state index contributed by atoms with van der Waals surface area (Å²) in [7, 11) is 0. The fourth-order valence-corrected chi connectivity index (χ4v) is 4.45. The summed E-state index contributed by atoms with van der Waals surface area (Å²) in [5, 5.41) is 7.91. The van der Waals surface area contributed by atoms with Crippen LogP contribution in [0.5, 0.6) is 0 Å². The smallest absolute Gasteiger partial charge is 0.191 e. The van der Waals surface area contributed by atoms with E-state index in [2.05, 4.69) is 29.5 Å². The molecule has 1 saturated heterocycles. The number of halogens is 1. The van der Waals surface area contributed by atoms with E-state index in [1.807, 2.05) is 18.3 Å². The fraction of sp³-hybridized carbons (Fsp3) is 0.545. The van der Waals surface area contributed by atoms with Gasteiger partial charge in [-0.05, 0) is 43.9 Å². The second-order valence-electron chi connectivity index (χ2n) is 7.35. The van der Waals surface area contributed by atoms with Crippen molar-refractivity contribution < 1.29 is 9.13 Å². The Kier molecular flexibility index (Phi) is 8.00. The Morgan fingerprint density at radius 3 is 2.62 bits per heavy atom. The summed E-state index contributed by atoms with van der Waals surface area (Å²) in [6.45, 7) is 7.87. The summed E-state index contributed by atoms with van der Waals surface area (Å²) in [4.78, 5) is 10.7. The highest BCUT2D eigenvalue weighted by atomic mass is 32.1. The first-order chi connectivity index (χ1) is 14.1. The molecule has 1 fully saturated rings. The van der Waals surface area contributed by atoms with E-state index in [9.17, 15) is 4.39 Å². The molecule has 2 heterocycles. The van der Waals surface area contributed by atoms with Crippen molar-refractivity contribution in [2.24, 2.45) is 4.99 Å². The number of aliphatic imine (C=N–C) groups is 1. The van der Waals surface area contributed by atoms with Crippen LogP contribution in [0, 0.1) is 5.82 Å². The molecule has 0 radical (unpaired) electrons. The van der Waals surface area contributed by atoms with Crippen LogP contribution < -0.4 is 10.6 Å². The number of nitrogens with zero attached hydrogens (tertiary/aromatic N) is 2. The first-order valence-corrected chi connectivity index (χ1v) is 11.3. The molecule has 1 aromatic carbocycles. The highest BCUT2D eigenvalue weighted by molar-refractivity contribution is 7.11. The number of hydrogen-bond acceptors (Lipinski definition) is 4. The average Bonchev–Trinajstić information content (AvgIpc) is 3.21.